The number of aliphatic hydroxyl groups is 1. The average Bonchev–Trinajstić information content (AvgIpc) is 2.25. The average molecular weight is 269 g/mol. The highest BCUT2D eigenvalue weighted by atomic mass is 16.7. The van der Waals surface area contributed by atoms with Gasteiger partial charge >= 0.3 is 11.8 Å². The molecule has 0 fully saturated rings. The van der Waals surface area contributed by atoms with Crippen molar-refractivity contribution in [1.29, 1.82) is 0 Å². The highest BCUT2D eigenvalue weighted by Gasteiger charge is 2.23. The number of nitrogens with zero attached hydrogens (tertiary/aromatic N) is 1. The standard InChI is InChI=1S/C12H15NO6/c1-12(2,3)19-11(15)18-10-6-8(7-14)4-5-9(10)13(16)17/h4-6,14H,7H2,1-3H3. The second-order valence-corrected chi connectivity index (χ2v) is 4.78. The molecule has 0 aliphatic carbocycles. The van der Waals surface area contributed by atoms with E-state index in [1.807, 2.05) is 0 Å². The fourth-order valence-corrected chi connectivity index (χ4v) is 1.25. The smallest absolute Gasteiger partial charge is 0.428 e. The van der Waals surface area contributed by atoms with Crippen LogP contribution in [0.2, 0.25) is 0 Å². The summed E-state index contributed by atoms with van der Waals surface area (Å²) in [6, 6.07) is 3.76. The van der Waals surface area contributed by atoms with Crippen molar-refractivity contribution in [2.75, 3.05) is 0 Å². The van der Waals surface area contributed by atoms with Crippen molar-refractivity contribution >= 4 is 11.8 Å². The SMILES string of the molecule is CC(C)(C)OC(=O)Oc1cc(CO)ccc1[N+](=O)[O-]. The van der Waals surface area contributed by atoms with Crippen LogP contribution in [0.4, 0.5) is 10.5 Å². The van der Waals surface area contributed by atoms with Crippen molar-refractivity contribution in [3.63, 3.8) is 0 Å². The Hall–Kier alpha value is -2.15. The van der Waals surface area contributed by atoms with Crippen LogP contribution in [0.25, 0.3) is 0 Å². The first kappa shape index (κ1) is 14.9. The van der Waals surface area contributed by atoms with Gasteiger partial charge in [-0.2, -0.15) is 0 Å². The van der Waals surface area contributed by atoms with Gasteiger partial charge < -0.3 is 14.6 Å². The molecule has 1 rings (SSSR count). The molecule has 0 heterocycles. The van der Waals surface area contributed by atoms with Crippen LogP contribution in [-0.4, -0.2) is 21.8 Å². The summed E-state index contributed by atoms with van der Waals surface area (Å²) in [7, 11) is 0. The fourth-order valence-electron chi connectivity index (χ4n) is 1.25. The highest BCUT2D eigenvalue weighted by Crippen LogP contribution is 2.28. The zero-order chi connectivity index (χ0) is 14.6. The van der Waals surface area contributed by atoms with Gasteiger partial charge in [-0.3, -0.25) is 10.1 Å². The van der Waals surface area contributed by atoms with Crippen LogP contribution in [0.15, 0.2) is 18.2 Å². The second kappa shape index (κ2) is 5.66. The number of ether oxygens (including phenoxy) is 2. The quantitative estimate of drug-likeness (QED) is 0.391. The van der Waals surface area contributed by atoms with E-state index in [-0.39, 0.29) is 18.0 Å². The van der Waals surface area contributed by atoms with Gasteiger partial charge in [0.15, 0.2) is 0 Å². The Bertz CT molecular complexity index is 491. The van der Waals surface area contributed by atoms with Gasteiger partial charge in [0.2, 0.25) is 5.75 Å². The van der Waals surface area contributed by atoms with Gasteiger partial charge in [0, 0.05) is 6.07 Å². The molecule has 19 heavy (non-hydrogen) atoms. The summed E-state index contributed by atoms with van der Waals surface area (Å²) in [6.45, 7) is 4.62. The summed E-state index contributed by atoms with van der Waals surface area (Å²) in [5.41, 5.74) is -0.743. The summed E-state index contributed by atoms with van der Waals surface area (Å²) < 4.78 is 9.72. The molecule has 0 bridgehead atoms. The third-order valence-electron chi connectivity index (χ3n) is 1.99. The molecule has 104 valence electrons. The largest absolute Gasteiger partial charge is 0.514 e. The number of carbonyl (C=O) groups excluding carboxylic acids is 1. The van der Waals surface area contributed by atoms with E-state index in [1.54, 1.807) is 20.8 Å². The maximum absolute atomic E-state index is 11.5. The van der Waals surface area contributed by atoms with Gasteiger partial charge in [-0.15, -0.1) is 0 Å². The number of nitro groups is 1. The Labute approximate surface area is 109 Å². The van der Waals surface area contributed by atoms with Crippen LogP contribution in [-0.2, 0) is 11.3 Å². The molecule has 1 aromatic rings. The lowest BCUT2D eigenvalue weighted by Gasteiger charge is -2.18. The lowest BCUT2D eigenvalue weighted by Crippen LogP contribution is -2.26. The molecular weight excluding hydrogens is 254 g/mol. The van der Waals surface area contributed by atoms with Crippen LogP contribution in [0.3, 0.4) is 0 Å². The van der Waals surface area contributed by atoms with E-state index in [9.17, 15) is 14.9 Å². The minimum Gasteiger partial charge on any atom is -0.428 e. The molecule has 0 spiro atoms. The molecule has 0 amide bonds. The van der Waals surface area contributed by atoms with Crippen molar-refractivity contribution in [3.8, 4) is 5.75 Å². The van der Waals surface area contributed by atoms with Crippen molar-refractivity contribution < 1.29 is 24.3 Å². The molecule has 0 saturated heterocycles. The molecule has 7 heteroatoms. The van der Waals surface area contributed by atoms with Gasteiger partial charge in [0.1, 0.15) is 5.60 Å². The van der Waals surface area contributed by atoms with Gasteiger partial charge in [0.25, 0.3) is 0 Å². The lowest BCUT2D eigenvalue weighted by atomic mass is 10.2. The summed E-state index contributed by atoms with van der Waals surface area (Å²) in [5.74, 6) is -0.259. The molecule has 0 radical (unpaired) electrons. The number of benzene rings is 1. The Morgan fingerprint density at radius 1 is 1.42 bits per heavy atom. The summed E-state index contributed by atoms with van der Waals surface area (Å²) in [4.78, 5) is 21.6. The zero-order valence-corrected chi connectivity index (χ0v) is 10.9. The first-order valence-corrected chi connectivity index (χ1v) is 5.52. The molecule has 0 aromatic heterocycles. The van der Waals surface area contributed by atoms with E-state index in [0.29, 0.717) is 5.56 Å². The van der Waals surface area contributed by atoms with E-state index in [0.717, 1.165) is 6.07 Å². The van der Waals surface area contributed by atoms with Crippen LogP contribution >= 0.6 is 0 Å². The zero-order valence-electron chi connectivity index (χ0n) is 10.9. The molecule has 0 saturated carbocycles. The van der Waals surface area contributed by atoms with E-state index < -0.39 is 16.7 Å². The van der Waals surface area contributed by atoms with E-state index in [2.05, 4.69) is 0 Å². The highest BCUT2D eigenvalue weighted by molar-refractivity contribution is 5.67. The second-order valence-electron chi connectivity index (χ2n) is 4.78. The Kier molecular flexibility index (Phi) is 4.44. The van der Waals surface area contributed by atoms with Crippen molar-refractivity contribution in [1.82, 2.24) is 0 Å². The minimum absolute atomic E-state index is 0.259. The molecular formula is C12H15NO6. The number of carbonyl (C=O) groups is 1. The summed E-state index contributed by atoms with van der Waals surface area (Å²) in [6.07, 6.45) is -1.04. The molecule has 1 N–H and O–H groups in total. The predicted octanol–water partition coefficient (Wildman–Crippen LogP) is 2.40. The van der Waals surface area contributed by atoms with E-state index in [1.165, 1.54) is 12.1 Å². The number of rotatable bonds is 3. The topological polar surface area (TPSA) is 98.9 Å². The third-order valence-corrected chi connectivity index (χ3v) is 1.99. The first-order valence-electron chi connectivity index (χ1n) is 5.52. The number of hydrogen-bond acceptors (Lipinski definition) is 6. The van der Waals surface area contributed by atoms with Crippen molar-refractivity contribution in [2.24, 2.45) is 0 Å². The van der Waals surface area contributed by atoms with Gasteiger partial charge in [0.05, 0.1) is 11.5 Å². The minimum atomic E-state index is -1.04. The van der Waals surface area contributed by atoms with Crippen LogP contribution < -0.4 is 4.74 Å². The maximum Gasteiger partial charge on any atom is 0.514 e. The molecule has 0 atom stereocenters. The Morgan fingerprint density at radius 3 is 2.53 bits per heavy atom. The lowest BCUT2D eigenvalue weighted by molar-refractivity contribution is -0.385. The van der Waals surface area contributed by atoms with Gasteiger partial charge in [-0.1, -0.05) is 0 Å². The maximum atomic E-state index is 11.5. The summed E-state index contributed by atoms with van der Waals surface area (Å²) in [5, 5.41) is 19.8. The first-order chi connectivity index (χ1) is 8.73. The Balaban J connectivity index is 2.98. The molecule has 0 unspecified atom stereocenters. The van der Waals surface area contributed by atoms with Gasteiger partial charge in [-0.25, -0.2) is 4.79 Å². The monoisotopic (exact) mass is 269 g/mol. The number of hydrogen-bond donors (Lipinski definition) is 1. The van der Waals surface area contributed by atoms with E-state index in [4.69, 9.17) is 14.6 Å². The predicted molar refractivity (Wildman–Crippen MR) is 65.9 cm³/mol. The Morgan fingerprint density at radius 2 is 2.05 bits per heavy atom. The van der Waals surface area contributed by atoms with Crippen molar-refractivity contribution in [3.05, 3.63) is 33.9 Å². The third kappa shape index (κ3) is 4.55. The molecule has 0 aliphatic rings. The van der Waals surface area contributed by atoms with Crippen molar-refractivity contribution in [2.45, 2.75) is 33.0 Å². The summed E-state index contributed by atoms with van der Waals surface area (Å²) >= 11 is 0. The normalized spacial score (nSPS) is 10.9. The van der Waals surface area contributed by atoms with Crippen LogP contribution in [0.1, 0.15) is 26.3 Å². The fraction of sp³-hybridized carbons (Fsp3) is 0.417. The van der Waals surface area contributed by atoms with Gasteiger partial charge in [-0.05, 0) is 38.5 Å². The number of aliphatic hydroxyl groups excluding tert-OH is 1. The molecule has 7 nitrogen and oxygen atoms in total. The number of nitro benzene ring substituents is 1. The molecule has 0 aliphatic heterocycles. The van der Waals surface area contributed by atoms with Crippen LogP contribution in [0.5, 0.6) is 5.75 Å². The van der Waals surface area contributed by atoms with Crippen LogP contribution in [0, 0.1) is 10.1 Å². The van der Waals surface area contributed by atoms with E-state index >= 15 is 0 Å². The molecule has 1 aromatic carbocycles.